The number of allylic oxidation sites excluding steroid dienone is 4. The minimum Gasteiger partial charge on any atom is -1.00 e. The van der Waals surface area contributed by atoms with Crippen molar-refractivity contribution in [3.63, 3.8) is 0 Å². The molecule has 2 aromatic rings. The molecule has 0 saturated carbocycles. The first kappa shape index (κ1) is 21.8. The van der Waals surface area contributed by atoms with Crippen LogP contribution in [0.3, 0.4) is 0 Å². The van der Waals surface area contributed by atoms with E-state index < -0.39 is 0 Å². The molecule has 1 aliphatic rings. The van der Waals surface area contributed by atoms with Crippen molar-refractivity contribution in [2.45, 2.75) is 6.42 Å². The van der Waals surface area contributed by atoms with Gasteiger partial charge in [-0.3, -0.25) is 6.08 Å². The molecule has 0 radical (unpaired) electrons. The van der Waals surface area contributed by atoms with Crippen LogP contribution < -0.4 is 14.7 Å². The molecular weight excluding hydrogens is 352 g/mol. The molecule has 0 fully saturated rings. The number of benzene rings is 1. The van der Waals surface area contributed by atoms with E-state index in [0.29, 0.717) is 0 Å². The molecule has 0 atom stereocenters. The normalized spacial score (nSPS) is 11.2. The van der Waals surface area contributed by atoms with E-state index in [1.807, 2.05) is 12.2 Å². The fraction of sp³-hybridized carbons (Fsp3) is 0.188. The second kappa shape index (κ2) is 11.2. The first-order valence-corrected chi connectivity index (χ1v) is 8.05. The zero-order valence-electron chi connectivity index (χ0n) is 11.6. The maximum atomic E-state index is 2.99. The maximum Gasteiger partial charge on any atom is 4.00 e. The molecule has 3 rings (SSSR count). The third kappa shape index (κ3) is 6.29. The van der Waals surface area contributed by atoms with Gasteiger partial charge in [-0.15, -0.1) is 54.7 Å². The molecule has 0 aromatic heterocycles. The molecule has 1 aliphatic carbocycles. The van der Waals surface area contributed by atoms with Crippen LogP contribution >= 0.6 is 7.92 Å². The number of hydrogen-bond donors (Lipinski definition) is 0. The van der Waals surface area contributed by atoms with E-state index in [-0.39, 0.29) is 43.5 Å². The van der Waals surface area contributed by atoms with E-state index >= 15 is 0 Å². The van der Waals surface area contributed by atoms with Crippen molar-refractivity contribution in [3.8, 4) is 0 Å². The van der Waals surface area contributed by atoms with Gasteiger partial charge >= 0.3 is 26.2 Å². The van der Waals surface area contributed by atoms with E-state index in [9.17, 15) is 0 Å². The molecule has 0 N–H and O–H groups in total. The Hall–Kier alpha value is -0.517. The quantitative estimate of drug-likeness (QED) is 0.413. The van der Waals surface area contributed by atoms with E-state index in [1.54, 1.807) is 0 Å². The zero-order chi connectivity index (χ0) is 12.1. The third-order valence-corrected chi connectivity index (χ3v) is 4.00. The summed E-state index contributed by atoms with van der Waals surface area (Å²) in [6.45, 7) is 4.59. The summed E-state index contributed by atoms with van der Waals surface area (Å²) in [4.78, 5) is 0. The summed E-state index contributed by atoms with van der Waals surface area (Å²) >= 11 is 0. The Labute approximate surface area is 139 Å². The molecule has 2 aromatic carbocycles. The van der Waals surface area contributed by atoms with Crippen LogP contribution in [0.15, 0.2) is 54.6 Å². The topological polar surface area (TPSA) is 0 Å². The molecule has 0 unspecified atom stereocenters. The van der Waals surface area contributed by atoms with Crippen LogP contribution in [0, 0.1) is 6.08 Å². The van der Waals surface area contributed by atoms with E-state index in [0.717, 1.165) is 6.42 Å². The fourth-order valence-corrected chi connectivity index (χ4v) is 2.53. The third-order valence-electron chi connectivity index (χ3n) is 2.71. The van der Waals surface area contributed by atoms with Crippen LogP contribution in [-0.4, -0.2) is 13.3 Å². The Bertz CT molecular complexity index is 501. The molecule has 0 nitrogen and oxygen atoms in total. The van der Waals surface area contributed by atoms with Crippen LogP contribution in [0.25, 0.3) is 10.8 Å². The average molecular weight is 370 g/mol. The minimum absolute atomic E-state index is 0. The Morgan fingerprint density at radius 1 is 1.15 bits per heavy atom. The first-order valence-electron chi connectivity index (χ1n) is 5.82. The van der Waals surface area contributed by atoms with Crippen molar-refractivity contribution in [1.82, 2.24) is 0 Å². The monoisotopic (exact) mass is 368 g/mol. The number of fused-ring (bicyclic) bond motifs is 1. The molecular formula is C16H17F2PZr. The number of hydrogen-bond acceptors (Lipinski definition) is 0. The second-order valence-corrected chi connectivity index (χ2v) is 6.55. The summed E-state index contributed by atoms with van der Waals surface area (Å²) in [5.74, 6) is 0. The maximum absolute atomic E-state index is 2.99. The zero-order valence-corrected chi connectivity index (χ0v) is 15.0. The van der Waals surface area contributed by atoms with Gasteiger partial charge in [0.2, 0.25) is 0 Å². The Kier molecular flexibility index (Phi) is 12.2. The van der Waals surface area contributed by atoms with Crippen molar-refractivity contribution in [3.05, 3.63) is 60.7 Å². The molecule has 0 heterocycles. The van der Waals surface area contributed by atoms with Gasteiger partial charge in [-0.1, -0.05) is 6.07 Å². The molecule has 104 valence electrons. The molecule has 0 saturated heterocycles. The molecule has 0 amide bonds. The fourth-order valence-electron chi connectivity index (χ4n) is 1.73. The van der Waals surface area contributed by atoms with Crippen LogP contribution in [0.1, 0.15) is 6.42 Å². The van der Waals surface area contributed by atoms with Crippen LogP contribution in [0.2, 0.25) is 0 Å². The van der Waals surface area contributed by atoms with Gasteiger partial charge in [0.15, 0.2) is 0 Å². The summed E-state index contributed by atoms with van der Waals surface area (Å²) in [5, 5.41) is 4.26. The van der Waals surface area contributed by atoms with Gasteiger partial charge in [-0.2, -0.15) is 12.1 Å². The second-order valence-electron chi connectivity index (χ2n) is 4.24. The first-order chi connectivity index (χ1) is 8.27. The number of halogens is 2. The SMILES string of the molecule is CP(C)c1cc2ccccc2[cH-]1.[C-]1=CC=CC1.[F-].[F-].[Zr+4]. The predicted octanol–water partition coefficient (Wildman–Crippen LogP) is -1.76. The molecule has 4 heteroatoms. The van der Waals surface area contributed by atoms with Crippen LogP contribution in [-0.2, 0) is 26.2 Å². The van der Waals surface area contributed by atoms with E-state index in [2.05, 4.69) is 61.9 Å². The van der Waals surface area contributed by atoms with E-state index in [1.165, 1.54) is 16.1 Å². The molecule has 0 bridgehead atoms. The van der Waals surface area contributed by atoms with Gasteiger partial charge < -0.3 is 9.41 Å². The van der Waals surface area contributed by atoms with Crippen molar-refractivity contribution in [2.24, 2.45) is 0 Å². The van der Waals surface area contributed by atoms with Gasteiger partial charge in [0, 0.05) is 0 Å². The summed E-state index contributed by atoms with van der Waals surface area (Å²) in [6.07, 6.45) is 10.0. The smallest absolute Gasteiger partial charge is 1.00 e. The van der Waals surface area contributed by atoms with Gasteiger partial charge in [-0.25, -0.2) is 12.2 Å². The van der Waals surface area contributed by atoms with Crippen molar-refractivity contribution < 1.29 is 35.6 Å². The molecule has 0 aliphatic heterocycles. The minimum atomic E-state index is 0. The Morgan fingerprint density at radius 3 is 2.30 bits per heavy atom. The predicted molar refractivity (Wildman–Crippen MR) is 79.5 cm³/mol. The molecule has 0 spiro atoms. The standard InChI is InChI=1S/C11H12P.C5H5.2FH.Zr/c1-12(2)11-7-9-5-3-4-6-10(9)8-11;1-2-4-5-3-1;;;/h3-8H,1-2H3;1-3H,4H2;2*1H;/q2*-1;;;+4/p-2. The van der Waals surface area contributed by atoms with Gasteiger partial charge in [-0.05, 0) is 13.3 Å². The van der Waals surface area contributed by atoms with Crippen molar-refractivity contribution >= 4 is 24.0 Å². The average Bonchev–Trinajstić information content (AvgIpc) is 3.01. The summed E-state index contributed by atoms with van der Waals surface area (Å²) in [5.41, 5.74) is 0. The summed E-state index contributed by atoms with van der Waals surface area (Å²) in [7, 11) is 0.0576. The summed E-state index contributed by atoms with van der Waals surface area (Å²) < 4.78 is 0. The van der Waals surface area contributed by atoms with Crippen LogP contribution in [0.5, 0.6) is 0 Å². The molecule has 20 heavy (non-hydrogen) atoms. The van der Waals surface area contributed by atoms with E-state index in [4.69, 9.17) is 0 Å². The Balaban J connectivity index is 0. The van der Waals surface area contributed by atoms with Crippen molar-refractivity contribution in [1.29, 1.82) is 0 Å². The van der Waals surface area contributed by atoms with Gasteiger partial charge in [0.25, 0.3) is 0 Å². The Morgan fingerprint density at radius 2 is 1.85 bits per heavy atom. The summed E-state index contributed by atoms with van der Waals surface area (Å²) in [6, 6.07) is 13.2. The van der Waals surface area contributed by atoms with Crippen LogP contribution in [0.4, 0.5) is 0 Å². The number of rotatable bonds is 1. The van der Waals surface area contributed by atoms with Gasteiger partial charge in [0.1, 0.15) is 0 Å². The van der Waals surface area contributed by atoms with Crippen molar-refractivity contribution in [2.75, 3.05) is 13.3 Å². The largest absolute Gasteiger partial charge is 4.00 e. The van der Waals surface area contributed by atoms with Gasteiger partial charge in [0.05, 0.1) is 0 Å².